The first kappa shape index (κ1) is 13.2. The van der Waals surface area contributed by atoms with Gasteiger partial charge in [0.2, 0.25) is 3.70 Å². The molecule has 0 atom stereocenters. The number of hydrogen-bond acceptors (Lipinski definition) is 4. The minimum Gasteiger partial charge on any atom is -0.358 e. The van der Waals surface area contributed by atoms with Crippen molar-refractivity contribution in [2.75, 3.05) is 0 Å². The molecule has 1 aromatic heterocycles. The van der Waals surface area contributed by atoms with Crippen LogP contribution in [0.4, 0.5) is 14.6 Å². The van der Waals surface area contributed by atoms with Crippen LogP contribution in [0.3, 0.4) is 0 Å². The van der Waals surface area contributed by atoms with Crippen LogP contribution >= 0.6 is 34.2 Å². The first-order valence-electron chi connectivity index (χ1n) is 3.67. The lowest BCUT2D eigenvalue weighted by molar-refractivity contribution is -0.391. The van der Waals surface area contributed by atoms with Crippen molar-refractivity contribution in [2.24, 2.45) is 0 Å². The van der Waals surface area contributed by atoms with Gasteiger partial charge in [-0.1, -0.05) is 0 Å². The highest BCUT2D eigenvalue weighted by Gasteiger charge is 2.28. The van der Waals surface area contributed by atoms with Crippen molar-refractivity contribution in [3.05, 3.63) is 31.0 Å². The van der Waals surface area contributed by atoms with Gasteiger partial charge >= 0.3 is 5.82 Å². The smallest absolute Gasteiger partial charge is 0.358 e. The molecule has 1 heterocycles. The Hall–Kier alpha value is -0.900. The molecule has 0 saturated heterocycles. The average molecular weight is 362 g/mol. The molecular weight excluding hydrogens is 360 g/mol. The van der Waals surface area contributed by atoms with Crippen LogP contribution in [0.2, 0.25) is 0 Å². The van der Waals surface area contributed by atoms with Crippen molar-refractivity contribution in [1.29, 1.82) is 0 Å². The van der Waals surface area contributed by atoms with E-state index in [2.05, 4.69) is 4.98 Å². The molecule has 0 N–H and O–H groups in total. The largest absolute Gasteiger partial charge is 0.373 e. The second-order valence-corrected chi connectivity index (χ2v) is 3.94. The highest BCUT2D eigenvalue weighted by molar-refractivity contribution is 14.1. The fourth-order valence-electron chi connectivity index (χ4n) is 0.942. The van der Waals surface area contributed by atoms with E-state index in [0.717, 1.165) is 0 Å². The lowest BCUT2D eigenvalue weighted by Crippen LogP contribution is -2.05. The second kappa shape index (κ2) is 4.95. The summed E-state index contributed by atoms with van der Waals surface area (Å²) in [6.07, 6.45) is -3.10. The molecule has 1 aromatic rings. The molecule has 0 unspecified atom stereocenters. The minimum absolute atomic E-state index is 0.0892. The van der Waals surface area contributed by atoms with Crippen molar-refractivity contribution in [2.45, 2.75) is 6.43 Å². The van der Waals surface area contributed by atoms with E-state index in [-0.39, 0.29) is 9.26 Å². The Morgan fingerprint density at radius 3 is 2.56 bits per heavy atom. The number of hydrogen-bond donors (Lipinski definition) is 0. The van der Waals surface area contributed by atoms with Gasteiger partial charge in [0.05, 0.1) is 5.56 Å². The number of alkyl halides is 2. The van der Waals surface area contributed by atoms with Crippen LogP contribution in [0.5, 0.6) is 0 Å². The van der Waals surface area contributed by atoms with Crippen LogP contribution in [0.15, 0.2) is 6.07 Å². The lowest BCUT2D eigenvalue weighted by atomic mass is 10.2. The zero-order valence-corrected chi connectivity index (χ0v) is 10.2. The van der Waals surface area contributed by atoms with Crippen LogP contribution in [0, 0.1) is 13.8 Å². The summed E-state index contributed by atoms with van der Waals surface area (Å²) in [5, 5.41) is 9.46. The fraction of sp³-hybridized carbons (Fsp3) is 0.143. The maximum Gasteiger partial charge on any atom is 0.373 e. The molecule has 0 saturated carbocycles. The summed E-state index contributed by atoms with van der Waals surface area (Å²) in [6.45, 7) is 0. The predicted octanol–water partition coefficient (Wildman–Crippen LogP) is 2.91. The number of rotatable bonds is 3. The summed E-state index contributed by atoms with van der Waals surface area (Å²) < 4.78 is 24.8. The Bertz CT molecular complexity index is 469. The summed E-state index contributed by atoms with van der Waals surface area (Å²) >= 11 is 6.63. The molecule has 0 radical (unpaired) electrons. The van der Waals surface area contributed by atoms with Gasteiger partial charge in [0, 0.05) is 22.6 Å². The van der Waals surface area contributed by atoms with E-state index < -0.39 is 28.0 Å². The van der Waals surface area contributed by atoms with Crippen LogP contribution in [0.1, 0.15) is 22.3 Å². The molecular formula is C7H2ClF2IN2O3. The van der Waals surface area contributed by atoms with Gasteiger partial charge in [0.25, 0.3) is 11.7 Å². The quantitative estimate of drug-likeness (QED) is 0.272. The summed E-state index contributed by atoms with van der Waals surface area (Å²) in [6, 6.07) is 0.687. The van der Waals surface area contributed by atoms with Gasteiger partial charge in [0.1, 0.15) is 5.56 Å². The van der Waals surface area contributed by atoms with Crippen LogP contribution in [-0.4, -0.2) is 15.1 Å². The summed E-state index contributed by atoms with van der Waals surface area (Å²) in [5.41, 5.74) is -1.20. The number of nitrogens with zero attached hydrogens (tertiary/aromatic N) is 2. The molecule has 1 rings (SSSR count). The molecule has 0 aliphatic heterocycles. The van der Waals surface area contributed by atoms with Gasteiger partial charge in [-0.25, -0.2) is 8.78 Å². The number of aromatic nitrogens is 1. The molecule has 0 fully saturated rings. The molecule has 5 nitrogen and oxygen atoms in total. The zero-order chi connectivity index (χ0) is 12.5. The van der Waals surface area contributed by atoms with Crippen LogP contribution < -0.4 is 0 Å². The van der Waals surface area contributed by atoms with Crippen molar-refractivity contribution in [3.63, 3.8) is 0 Å². The molecule has 0 aromatic carbocycles. The molecule has 9 heteroatoms. The Morgan fingerprint density at radius 1 is 1.62 bits per heavy atom. The Balaban J connectivity index is 3.49. The van der Waals surface area contributed by atoms with E-state index in [0.29, 0.717) is 6.07 Å². The van der Waals surface area contributed by atoms with Gasteiger partial charge in [-0.3, -0.25) is 4.79 Å². The molecule has 0 aliphatic rings. The van der Waals surface area contributed by atoms with E-state index in [1.807, 2.05) is 0 Å². The highest BCUT2D eigenvalue weighted by Crippen LogP contribution is 2.30. The van der Waals surface area contributed by atoms with Gasteiger partial charge in [-0.2, -0.15) is 0 Å². The number of pyridine rings is 1. The normalized spacial score (nSPS) is 10.6. The predicted molar refractivity (Wildman–Crippen MR) is 58.7 cm³/mol. The number of carbonyl (C=O) groups is 1. The van der Waals surface area contributed by atoms with Crippen molar-refractivity contribution in [3.8, 4) is 0 Å². The summed E-state index contributed by atoms with van der Waals surface area (Å²) in [4.78, 5) is 23.6. The molecule has 0 spiro atoms. The van der Waals surface area contributed by atoms with E-state index in [1.165, 1.54) is 22.6 Å². The van der Waals surface area contributed by atoms with E-state index in [1.54, 1.807) is 0 Å². The Morgan fingerprint density at radius 2 is 2.19 bits per heavy atom. The lowest BCUT2D eigenvalue weighted by Gasteiger charge is -2.03. The molecule has 0 amide bonds. The third-order valence-electron chi connectivity index (χ3n) is 1.60. The van der Waals surface area contributed by atoms with E-state index >= 15 is 0 Å². The topological polar surface area (TPSA) is 73.1 Å². The zero-order valence-electron chi connectivity index (χ0n) is 7.29. The standard InChI is InChI=1S/C7H2ClF2IN2O3/c8-4(14)2-1-3(5(9)10)7(13(15)16)12-6(2)11/h1,5H. The van der Waals surface area contributed by atoms with E-state index in [9.17, 15) is 23.7 Å². The van der Waals surface area contributed by atoms with Crippen molar-refractivity contribution >= 4 is 45.3 Å². The third kappa shape index (κ3) is 2.61. The van der Waals surface area contributed by atoms with Gasteiger partial charge in [-0.15, -0.1) is 0 Å². The monoisotopic (exact) mass is 362 g/mol. The third-order valence-corrected chi connectivity index (χ3v) is 2.63. The number of carbonyl (C=O) groups excluding carboxylic acids is 1. The average Bonchev–Trinajstić information content (AvgIpc) is 2.15. The second-order valence-electron chi connectivity index (χ2n) is 2.57. The van der Waals surface area contributed by atoms with Crippen molar-refractivity contribution < 1.29 is 18.5 Å². The first-order valence-corrected chi connectivity index (χ1v) is 5.13. The van der Waals surface area contributed by atoms with Crippen LogP contribution in [-0.2, 0) is 0 Å². The highest BCUT2D eigenvalue weighted by atomic mass is 127. The SMILES string of the molecule is O=C(Cl)c1cc(C(F)F)c([N+](=O)[O-])nc1I. The van der Waals surface area contributed by atoms with Crippen LogP contribution in [0.25, 0.3) is 0 Å². The molecule has 86 valence electrons. The Labute approximate surface area is 106 Å². The van der Waals surface area contributed by atoms with E-state index in [4.69, 9.17) is 11.6 Å². The summed E-state index contributed by atoms with van der Waals surface area (Å²) in [5.74, 6) is -0.971. The van der Waals surface area contributed by atoms with Gasteiger partial charge in [-0.05, 0) is 27.6 Å². The first-order chi connectivity index (χ1) is 7.34. The maximum atomic E-state index is 12.5. The van der Waals surface area contributed by atoms with Crippen molar-refractivity contribution in [1.82, 2.24) is 4.98 Å². The summed E-state index contributed by atoms with van der Waals surface area (Å²) in [7, 11) is 0. The molecule has 16 heavy (non-hydrogen) atoms. The molecule has 0 bridgehead atoms. The maximum absolute atomic E-state index is 12.5. The van der Waals surface area contributed by atoms with Gasteiger partial charge in [0.15, 0.2) is 0 Å². The number of halogens is 4. The Kier molecular flexibility index (Phi) is 4.08. The minimum atomic E-state index is -3.10. The number of nitro groups is 1. The van der Waals surface area contributed by atoms with Gasteiger partial charge < -0.3 is 10.1 Å². The fourth-order valence-corrected chi connectivity index (χ4v) is 1.87. The molecule has 0 aliphatic carbocycles.